The molecule has 0 aliphatic carbocycles. The third-order valence-electron chi connectivity index (χ3n) is 5.72. The van der Waals surface area contributed by atoms with Gasteiger partial charge in [-0.15, -0.1) is 0 Å². The van der Waals surface area contributed by atoms with Gasteiger partial charge in [-0.2, -0.15) is 0 Å². The summed E-state index contributed by atoms with van der Waals surface area (Å²) in [5, 5.41) is 21.9. The molecule has 5 nitrogen and oxygen atoms in total. The van der Waals surface area contributed by atoms with Gasteiger partial charge in [0, 0.05) is 12.4 Å². The van der Waals surface area contributed by atoms with E-state index in [-0.39, 0.29) is 6.42 Å². The average molecular weight is 355 g/mol. The third kappa shape index (κ3) is 8.21. The van der Waals surface area contributed by atoms with Gasteiger partial charge in [0.2, 0.25) is 0 Å². The Morgan fingerprint density at radius 1 is 0.840 bits per heavy atom. The summed E-state index contributed by atoms with van der Waals surface area (Å²) in [6, 6.07) is -0.444. The zero-order valence-corrected chi connectivity index (χ0v) is 16.0. The highest BCUT2D eigenvalue weighted by Crippen LogP contribution is 2.30. The first-order valence-electron chi connectivity index (χ1n) is 10.3. The number of hydrogen-bond acceptors (Lipinski definition) is 4. The van der Waals surface area contributed by atoms with Crippen molar-refractivity contribution < 1.29 is 24.3 Å². The number of likely N-dealkylation sites (tertiary alicyclic amines) is 1. The van der Waals surface area contributed by atoms with Gasteiger partial charge in [-0.1, -0.05) is 58.3 Å². The second-order valence-corrected chi connectivity index (χ2v) is 7.67. The molecule has 0 spiro atoms. The number of quaternary nitrogens is 1. The van der Waals surface area contributed by atoms with Gasteiger partial charge in [0.1, 0.15) is 6.04 Å². The molecule has 0 radical (unpaired) electrons. The molecule has 1 heterocycles. The Labute approximate surface area is 153 Å². The molecule has 1 aliphatic heterocycles. The number of aliphatic carboxylic acids is 2. The largest absolute Gasteiger partial charge is 0.550 e. The minimum absolute atomic E-state index is 0.0117. The van der Waals surface area contributed by atoms with Crippen molar-refractivity contribution in [3.05, 3.63) is 0 Å². The first-order chi connectivity index (χ1) is 12.0. The van der Waals surface area contributed by atoms with Gasteiger partial charge in [0.15, 0.2) is 0 Å². The molecule has 0 amide bonds. The molecule has 2 atom stereocenters. The summed E-state index contributed by atoms with van der Waals surface area (Å²) >= 11 is 0. The number of carboxylic acid groups (broad SMARTS) is 2. The number of rotatable bonds is 16. The molecular formula is C20H36NO4-. The Kier molecular flexibility index (Phi) is 10.8. The third-order valence-corrected chi connectivity index (χ3v) is 5.72. The molecule has 25 heavy (non-hydrogen) atoms. The fourth-order valence-electron chi connectivity index (χ4n) is 4.06. The van der Waals surface area contributed by atoms with Gasteiger partial charge in [-0.05, 0) is 19.3 Å². The van der Waals surface area contributed by atoms with Crippen LogP contribution in [-0.2, 0) is 9.59 Å². The highest BCUT2D eigenvalue weighted by Gasteiger charge is 2.45. The monoisotopic (exact) mass is 354 g/mol. The second kappa shape index (κ2) is 12.3. The van der Waals surface area contributed by atoms with Crippen molar-refractivity contribution in [1.82, 2.24) is 0 Å². The van der Waals surface area contributed by atoms with Crippen molar-refractivity contribution in [3.63, 3.8) is 0 Å². The highest BCUT2D eigenvalue weighted by atomic mass is 16.4. The zero-order chi connectivity index (χ0) is 18.5. The lowest BCUT2D eigenvalue weighted by molar-refractivity contribution is -0.982. The van der Waals surface area contributed by atoms with Crippen LogP contribution in [0.5, 0.6) is 0 Å². The maximum Gasteiger partial charge on any atom is 0.135 e. The molecule has 0 aromatic rings. The zero-order valence-electron chi connectivity index (χ0n) is 16.0. The molecule has 1 saturated heterocycles. The van der Waals surface area contributed by atoms with Crippen molar-refractivity contribution >= 4 is 11.9 Å². The van der Waals surface area contributed by atoms with Crippen LogP contribution < -0.4 is 10.2 Å². The van der Waals surface area contributed by atoms with Crippen LogP contribution >= 0.6 is 0 Å². The van der Waals surface area contributed by atoms with Crippen LogP contribution in [0.15, 0.2) is 0 Å². The number of carboxylic acids is 2. The van der Waals surface area contributed by atoms with E-state index in [2.05, 4.69) is 6.92 Å². The fourth-order valence-corrected chi connectivity index (χ4v) is 4.06. The van der Waals surface area contributed by atoms with Crippen LogP contribution in [0.1, 0.15) is 90.4 Å². The molecule has 1 rings (SSSR count). The Balaban J connectivity index is 2.18. The SMILES string of the molecule is CCCCCCCCCCCC[N+]1(CCCC(=O)[O-])CCC1C(=O)[O-]. The maximum atomic E-state index is 11.3. The molecule has 5 heteroatoms. The molecular weight excluding hydrogens is 318 g/mol. The lowest BCUT2D eigenvalue weighted by Gasteiger charge is -2.53. The van der Waals surface area contributed by atoms with E-state index in [1.54, 1.807) is 0 Å². The molecule has 2 unspecified atom stereocenters. The van der Waals surface area contributed by atoms with Gasteiger partial charge in [0.05, 0.1) is 32.0 Å². The summed E-state index contributed by atoms with van der Waals surface area (Å²) in [5.41, 5.74) is 0. The van der Waals surface area contributed by atoms with Gasteiger partial charge in [0.25, 0.3) is 0 Å². The number of carbonyl (C=O) groups is 2. The van der Waals surface area contributed by atoms with E-state index in [9.17, 15) is 19.8 Å². The van der Waals surface area contributed by atoms with Crippen molar-refractivity contribution in [3.8, 4) is 0 Å². The molecule has 0 aromatic heterocycles. The standard InChI is InChI=1S/C20H37NO4/c1-2-3-4-5-6-7-8-9-10-11-15-21(16-12-13-19(22)23)17-14-18(21)20(24)25/h18H,2-17H2,1H3,(H-,22,23,24,25)/p-1. The first kappa shape index (κ1) is 21.9. The van der Waals surface area contributed by atoms with Gasteiger partial charge >= 0.3 is 0 Å². The lowest BCUT2D eigenvalue weighted by atomic mass is 9.95. The van der Waals surface area contributed by atoms with Crippen molar-refractivity contribution in [2.75, 3.05) is 19.6 Å². The van der Waals surface area contributed by atoms with Crippen molar-refractivity contribution in [2.45, 2.75) is 96.4 Å². The average Bonchev–Trinajstić information content (AvgIpc) is 2.53. The van der Waals surface area contributed by atoms with E-state index >= 15 is 0 Å². The fraction of sp³-hybridized carbons (Fsp3) is 0.900. The first-order valence-corrected chi connectivity index (χ1v) is 10.3. The molecule has 146 valence electrons. The summed E-state index contributed by atoms with van der Waals surface area (Å²) in [5.74, 6) is -2.03. The number of unbranched alkanes of at least 4 members (excludes halogenated alkanes) is 9. The Bertz CT molecular complexity index is 399. The molecule has 0 saturated carbocycles. The van der Waals surface area contributed by atoms with Gasteiger partial charge in [-0.25, -0.2) is 0 Å². The predicted octanol–water partition coefficient (Wildman–Crippen LogP) is 1.78. The number of hydrogen-bond donors (Lipinski definition) is 0. The van der Waals surface area contributed by atoms with E-state index in [1.807, 2.05) is 0 Å². The summed E-state index contributed by atoms with van der Waals surface area (Å²) in [4.78, 5) is 21.9. The van der Waals surface area contributed by atoms with Crippen molar-refractivity contribution in [1.29, 1.82) is 0 Å². The summed E-state index contributed by atoms with van der Waals surface area (Å²) in [6.07, 6.45) is 13.8. The molecule has 0 aromatic carbocycles. The van der Waals surface area contributed by atoms with Crippen LogP contribution in [0.3, 0.4) is 0 Å². The normalized spacial score (nSPS) is 22.5. The quantitative estimate of drug-likeness (QED) is 0.312. The van der Waals surface area contributed by atoms with Crippen LogP contribution in [-0.4, -0.2) is 42.1 Å². The maximum absolute atomic E-state index is 11.3. The smallest absolute Gasteiger partial charge is 0.135 e. The van der Waals surface area contributed by atoms with E-state index < -0.39 is 18.0 Å². The molecule has 0 N–H and O–H groups in total. The van der Waals surface area contributed by atoms with Gasteiger partial charge < -0.3 is 24.3 Å². The van der Waals surface area contributed by atoms with Gasteiger partial charge in [-0.3, -0.25) is 0 Å². The summed E-state index contributed by atoms with van der Waals surface area (Å²) in [6.45, 7) is 4.52. The molecule has 0 bridgehead atoms. The molecule has 1 aliphatic rings. The van der Waals surface area contributed by atoms with Crippen LogP contribution in [0.25, 0.3) is 0 Å². The minimum Gasteiger partial charge on any atom is -0.550 e. The van der Waals surface area contributed by atoms with E-state index in [4.69, 9.17) is 0 Å². The van der Waals surface area contributed by atoms with Crippen LogP contribution in [0, 0.1) is 0 Å². The predicted molar refractivity (Wildman–Crippen MR) is 94.4 cm³/mol. The Morgan fingerprint density at radius 2 is 1.36 bits per heavy atom. The Hall–Kier alpha value is -1.10. The highest BCUT2D eigenvalue weighted by molar-refractivity contribution is 5.70. The van der Waals surface area contributed by atoms with Crippen molar-refractivity contribution in [2.24, 2.45) is 0 Å². The molecule has 1 fully saturated rings. The Morgan fingerprint density at radius 3 is 1.80 bits per heavy atom. The summed E-state index contributed by atoms with van der Waals surface area (Å²) in [7, 11) is 0. The minimum atomic E-state index is -1.05. The topological polar surface area (TPSA) is 80.3 Å². The van der Waals surface area contributed by atoms with E-state index in [0.717, 1.165) is 25.9 Å². The summed E-state index contributed by atoms with van der Waals surface area (Å²) < 4.78 is 0.520. The second-order valence-electron chi connectivity index (χ2n) is 7.67. The van der Waals surface area contributed by atoms with Crippen LogP contribution in [0.4, 0.5) is 0 Å². The van der Waals surface area contributed by atoms with Crippen LogP contribution in [0.2, 0.25) is 0 Å². The van der Waals surface area contributed by atoms with E-state index in [0.29, 0.717) is 23.9 Å². The number of nitrogens with zero attached hydrogens (tertiary/aromatic N) is 1. The van der Waals surface area contributed by atoms with E-state index in [1.165, 1.54) is 51.4 Å². The lowest BCUT2D eigenvalue weighted by Crippen LogP contribution is -2.71. The number of carbonyl (C=O) groups excluding carboxylic acids is 2.